The number of carbonyl (C=O) groups is 1. The Morgan fingerprint density at radius 2 is 2.00 bits per heavy atom. The molecule has 0 bridgehead atoms. The van der Waals surface area contributed by atoms with E-state index in [9.17, 15) is 4.79 Å². The maximum atomic E-state index is 12.2. The molecule has 0 saturated heterocycles. The number of carbonyl (C=O) groups excluding carboxylic acids is 1. The average molecular weight is 238 g/mol. The molecule has 0 atom stereocenters. The topological polar surface area (TPSA) is 20.3 Å². The zero-order chi connectivity index (χ0) is 11.5. The van der Waals surface area contributed by atoms with E-state index in [1.54, 1.807) is 0 Å². The highest BCUT2D eigenvalue weighted by atomic mass is 35.5. The average Bonchev–Trinajstić information content (AvgIpc) is 3.10. The molecule has 0 N–H and O–H groups in total. The highest BCUT2D eigenvalue weighted by Crippen LogP contribution is 2.28. The summed E-state index contributed by atoms with van der Waals surface area (Å²) >= 11 is 5.73. The van der Waals surface area contributed by atoms with Gasteiger partial charge >= 0.3 is 0 Å². The summed E-state index contributed by atoms with van der Waals surface area (Å²) in [6.07, 6.45) is 2.24. The van der Waals surface area contributed by atoms with Crippen molar-refractivity contribution in [2.24, 2.45) is 0 Å². The molecule has 0 aromatic heterocycles. The Morgan fingerprint density at radius 1 is 1.38 bits per heavy atom. The van der Waals surface area contributed by atoms with Crippen LogP contribution >= 0.6 is 11.6 Å². The van der Waals surface area contributed by atoms with Gasteiger partial charge in [0.05, 0.1) is 0 Å². The normalized spacial score (nSPS) is 14.9. The van der Waals surface area contributed by atoms with Gasteiger partial charge in [-0.05, 0) is 31.9 Å². The van der Waals surface area contributed by atoms with Crippen molar-refractivity contribution in [2.45, 2.75) is 25.8 Å². The predicted octanol–water partition coefficient (Wildman–Crippen LogP) is 2.84. The number of alkyl halides is 1. The second-order valence-electron chi connectivity index (χ2n) is 4.28. The number of halogens is 1. The number of nitrogens with zero attached hydrogens (tertiary/aromatic N) is 1. The molecule has 3 heteroatoms. The molecule has 86 valence electrons. The second kappa shape index (κ2) is 4.88. The summed E-state index contributed by atoms with van der Waals surface area (Å²) in [5.41, 5.74) is 1.94. The number of amides is 1. The lowest BCUT2D eigenvalue weighted by atomic mass is 10.1. The van der Waals surface area contributed by atoms with Gasteiger partial charge < -0.3 is 4.90 Å². The van der Waals surface area contributed by atoms with Gasteiger partial charge in [0.25, 0.3) is 5.91 Å². The van der Waals surface area contributed by atoms with Crippen LogP contribution in [0.3, 0.4) is 0 Å². The minimum atomic E-state index is 0.114. The van der Waals surface area contributed by atoms with Gasteiger partial charge in [-0.2, -0.15) is 0 Å². The molecule has 1 aliphatic rings. The zero-order valence-corrected chi connectivity index (χ0v) is 10.2. The van der Waals surface area contributed by atoms with Crippen LogP contribution in [0.5, 0.6) is 0 Å². The van der Waals surface area contributed by atoms with Crippen molar-refractivity contribution in [1.29, 1.82) is 0 Å². The fourth-order valence-corrected chi connectivity index (χ4v) is 1.97. The molecular formula is C13H16ClNO. The largest absolute Gasteiger partial charge is 0.334 e. The first-order valence-electron chi connectivity index (χ1n) is 5.66. The summed E-state index contributed by atoms with van der Waals surface area (Å²) < 4.78 is 0. The smallest absolute Gasteiger partial charge is 0.254 e. The molecule has 0 heterocycles. The summed E-state index contributed by atoms with van der Waals surface area (Å²) in [4.78, 5) is 14.1. The minimum absolute atomic E-state index is 0.114. The Balaban J connectivity index is 2.12. The molecule has 1 amide bonds. The first-order chi connectivity index (χ1) is 7.72. The third-order valence-corrected chi connectivity index (χ3v) is 3.04. The van der Waals surface area contributed by atoms with Crippen molar-refractivity contribution in [3.8, 4) is 0 Å². The molecule has 16 heavy (non-hydrogen) atoms. The van der Waals surface area contributed by atoms with E-state index in [2.05, 4.69) is 0 Å². The van der Waals surface area contributed by atoms with E-state index in [1.165, 1.54) is 5.56 Å². The highest BCUT2D eigenvalue weighted by molar-refractivity contribution is 6.18. The van der Waals surface area contributed by atoms with Crippen LogP contribution in [0.1, 0.15) is 28.8 Å². The van der Waals surface area contributed by atoms with E-state index in [4.69, 9.17) is 11.6 Å². The van der Waals surface area contributed by atoms with E-state index in [0.29, 0.717) is 18.5 Å². The monoisotopic (exact) mass is 237 g/mol. The Hall–Kier alpha value is -1.02. The third kappa shape index (κ3) is 2.56. The Bertz CT molecular complexity index is 370. The van der Waals surface area contributed by atoms with Gasteiger partial charge in [0.2, 0.25) is 0 Å². The lowest BCUT2D eigenvalue weighted by molar-refractivity contribution is 0.0753. The van der Waals surface area contributed by atoms with E-state index in [0.717, 1.165) is 18.4 Å². The van der Waals surface area contributed by atoms with Crippen LogP contribution in [0, 0.1) is 6.92 Å². The molecule has 1 aromatic rings. The first kappa shape index (κ1) is 11.5. The molecule has 1 saturated carbocycles. The van der Waals surface area contributed by atoms with Crippen LogP contribution in [0.15, 0.2) is 24.3 Å². The van der Waals surface area contributed by atoms with Crippen molar-refractivity contribution >= 4 is 17.5 Å². The van der Waals surface area contributed by atoms with Gasteiger partial charge in [-0.25, -0.2) is 0 Å². The Labute approximate surface area is 101 Å². The van der Waals surface area contributed by atoms with Gasteiger partial charge in [0.1, 0.15) is 0 Å². The standard InChI is InChI=1S/C13H16ClNO/c1-10-2-4-11(5-3-10)13(16)15(9-8-14)12-6-7-12/h2-5,12H,6-9H2,1H3. The van der Waals surface area contributed by atoms with Crippen LogP contribution in [0.25, 0.3) is 0 Å². The Kier molecular flexibility index (Phi) is 3.49. The van der Waals surface area contributed by atoms with E-state index < -0.39 is 0 Å². The van der Waals surface area contributed by atoms with Crippen molar-refractivity contribution in [1.82, 2.24) is 4.90 Å². The number of hydrogen-bond acceptors (Lipinski definition) is 1. The summed E-state index contributed by atoms with van der Waals surface area (Å²) in [7, 11) is 0. The summed E-state index contributed by atoms with van der Waals surface area (Å²) in [5.74, 6) is 0.622. The Morgan fingerprint density at radius 3 is 2.50 bits per heavy atom. The van der Waals surface area contributed by atoms with E-state index in [1.807, 2.05) is 36.1 Å². The zero-order valence-electron chi connectivity index (χ0n) is 9.45. The molecule has 1 aliphatic carbocycles. The van der Waals surface area contributed by atoms with Crippen molar-refractivity contribution in [3.63, 3.8) is 0 Å². The first-order valence-corrected chi connectivity index (χ1v) is 6.19. The number of rotatable bonds is 4. The fourth-order valence-electron chi connectivity index (χ4n) is 1.79. The molecule has 0 spiro atoms. The SMILES string of the molecule is Cc1ccc(C(=O)N(CCCl)C2CC2)cc1. The molecule has 1 aromatic carbocycles. The molecule has 0 radical (unpaired) electrons. The van der Waals surface area contributed by atoms with E-state index >= 15 is 0 Å². The number of hydrogen-bond donors (Lipinski definition) is 0. The number of benzene rings is 1. The van der Waals surface area contributed by atoms with Crippen molar-refractivity contribution in [2.75, 3.05) is 12.4 Å². The quantitative estimate of drug-likeness (QED) is 0.738. The lowest BCUT2D eigenvalue weighted by Gasteiger charge is -2.21. The van der Waals surface area contributed by atoms with Crippen LogP contribution in [-0.2, 0) is 0 Å². The van der Waals surface area contributed by atoms with Gasteiger partial charge in [0.15, 0.2) is 0 Å². The molecule has 2 rings (SSSR count). The van der Waals surface area contributed by atoms with Gasteiger partial charge in [0, 0.05) is 24.0 Å². The maximum absolute atomic E-state index is 12.2. The fraction of sp³-hybridized carbons (Fsp3) is 0.462. The van der Waals surface area contributed by atoms with Crippen molar-refractivity contribution < 1.29 is 4.79 Å². The van der Waals surface area contributed by atoms with Crippen LogP contribution in [0.4, 0.5) is 0 Å². The van der Waals surface area contributed by atoms with E-state index in [-0.39, 0.29) is 5.91 Å². The van der Waals surface area contributed by atoms with Gasteiger partial charge in [-0.1, -0.05) is 17.7 Å². The molecule has 1 fully saturated rings. The molecule has 0 unspecified atom stereocenters. The maximum Gasteiger partial charge on any atom is 0.254 e. The van der Waals surface area contributed by atoms with Gasteiger partial charge in [-0.3, -0.25) is 4.79 Å². The predicted molar refractivity (Wildman–Crippen MR) is 66.0 cm³/mol. The van der Waals surface area contributed by atoms with Crippen LogP contribution < -0.4 is 0 Å². The van der Waals surface area contributed by atoms with Crippen molar-refractivity contribution in [3.05, 3.63) is 35.4 Å². The summed E-state index contributed by atoms with van der Waals surface area (Å²) in [6.45, 7) is 2.67. The summed E-state index contributed by atoms with van der Waals surface area (Å²) in [6, 6.07) is 8.15. The highest BCUT2D eigenvalue weighted by Gasteiger charge is 2.32. The van der Waals surface area contributed by atoms with Crippen LogP contribution in [0.2, 0.25) is 0 Å². The second-order valence-corrected chi connectivity index (χ2v) is 4.66. The molecule has 2 nitrogen and oxygen atoms in total. The third-order valence-electron chi connectivity index (χ3n) is 2.87. The number of aryl methyl sites for hydroxylation is 1. The molecule has 0 aliphatic heterocycles. The van der Waals surface area contributed by atoms with Crippen LogP contribution in [-0.4, -0.2) is 29.3 Å². The molecular weight excluding hydrogens is 222 g/mol. The lowest BCUT2D eigenvalue weighted by Crippen LogP contribution is -2.34. The van der Waals surface area contributed by atoms with Gasteiger partial charge in [-0.15, -0.1) is 11.6 Å². The summed E-state index contributed by atoms with van der Waals surface area (Å²) in [5, 5.41) is 0. The minimum Gasteiger partial charge on any atom is -0.334 e.